The van der Waals surface area contributed by atoms with E-state index < -0.39 is 0 Å². The average Bonchev–Trinajstić information content (AvgIpc) is 2.99. The van der Waals surface area contributed by atoms with Crippen molar-refractivity contribution in [2.24, 2.45) is 5.92 Å². The van der Waals surface area contributed by atoms with Gasteiger partial charge in [0.2, 0.25) is 0 Å². The van der Waals surface area contributed by atoms with Gasteiger partial charge in [0.25, 0.3) is 5.78 Å². The number of hydrogen-bond acceptors (Lipinski definition) is 4. The van der Waals surface area contributed by atoms with E-state index in [-0.39, 0.29) is 0 Å². The summed E-state index contributed by atoms with van der Waals surface area (Å²) in [6.45, 7) is 6.43. The molecule has 0 saturated carbocycles. The van der Waals surface area contributed by atoms with Crippen molar-refractivity contribution in [3.63, 3.8) is 0 Å². The van der Waals surface area contributed by atoms with Crippen LogP contribution < -0.4 is 4.90 Å². The summed E-state index contributed by atoms with van der Waals surface area (Å²) in [4.78, 5) is 11.6. The molecule has 0 unspecified atom stereocenters. The normalized spacial score (nSPS) is 16.0. The fraction of sp³-hybridized carbons (Fsp3) is 0.389. The van der Waals surface area contributed by atoms with Crippen molar-refractivity contribution in [1.82, 2.24) is 19.6 Å². The molecular formula is C18H20ClN5. The zero-order valence-electron chi connectivity index (χ0n) is 13.9. The largest absolute Gasteiger partial charge is 0.356 e. The Morgan fingerprint density at radius 1 is 1.08 bits per heavy atom. The molecule has 1 aliphatic heterocycles. The van der Waals surface area contributed by atoms with Gasteiger partial charge in [-0.15, -0.1) is 5.10 Å². The van der Waals surface area contributed by atoms with Gasteiger partial charge in [-0.2, -0.15) is 9.50 Å². The number of rotatable bonds is 2. The lowest BCUT2D eigenvalue weighted by Crippen LogP contribution is -2.34. The summed E-state index contributed by atoms with van der Waals surface area (Å²) in [6, 6.07) is 9.68. The second-order valence-electron chi connectivity index (χ2n) is 6.58. The van der Waals surface area contributed by atoms with E-state index in [0.717, 1.165) is 36.1 Å². The third-order valence-corrected chi connectivity index (χ3v) is 4.88. The molecule has 3 heterocycles. The Labute approximate surface area is 146 Å². The second kappa shape index (κ2) is 6.06. The number of halogens is 1. The van der Waals surface area contributed by atoms with Crippen molar-refractivity contribution in [3.8, 4) is 11.4 Å². The summed E-state index contributed by atoms with van der Waals surface area (Å²) in [5.41, 5.74) is 1.91. The van der Waals surface area contributed by atoms with E-state index in [4.69, 9.17) is 16.7 Å². The van der Waals surface area contributed by atoms with Crippen LogP contribution in [0, 0.1) is 12.8 Å². The van der Waals surface area contributed by atoms with Crippen molar-refractivity contribution in [2.45, 2.75) is 26.7 Å². The van der Waals surface area contributed by atoms with E-state index in [9.17, 15) is 0 Å². The van der Waals surface area contributed by atoms with Crippen molar-refractivity contribution in [1.29, 1.82) is 0 Å². The topological polar surface area (TPSA) is 46.3 Å². The molecule has 2 aromatic heterocycles. The number of piperidine rings is 1. The molecule has 0 aliphatic carbocycles. The lowest BCUT2D eigenvalue weighted by molar-refractivity contribution is 0.435. The zero-order valence-corrected chi connectivity index (χ0v) is 14.7. The highest BCUT2D eigenvalue weighted by Gasteiger charge is 2.20. The van der Waals surface area contributed by atoms with Crippen LogP contribution in [0.25, 0.3) is 17.2 Å². The Kier molecular flexibility index (Phi) is 3.88. The van der Waals surface area contributed by atoms with Crippen LogP contribution in [0.1, 0.15) is 25.5 Å². The zero-order chi connectivity index (χ0) is 16.7. The fourth-order valence-electron chi connectivity index (χ4n) is 3.15. The first-order valence-electron chi connectivity index (χ1n) is 8.35. The first-order valence-corrected chi connectivity index (χ1v) is 8.73. The molecule has 0 atom stereocenters. The molecule has 0 amide bonds. The molecule has 1 fully saturated rings. The Morgan fingerprint density at radius 3 is 2.50 bits per heavy atom. The van der Waals surface area contributed by atoms with Crippen LogP contribution in [0.5, 0.6) is 0 Å². The number of aryl methyl sites for hydroxylation is 1. The number of anilines is 1. The minimum Gasteiger partial charge on any atom is -0.356 e. The summed E-state index contributed by atoms with van der Waals surface area (Å²) in [5, 5.41) is 5.41. The number of aromatic nitrogens is 4. The number of fused-ring (bicyclic) bond motifs is 1. The molecule has 3 aromatic rings. The van der Waals surface area contributed by atoms with Crippen LogP contribution in [0.15, 0.2) is 30.3 Å². The summed E-state index contributed by atoms with van der Waals surface area (Å²) in [5.74, 6) is 3.20. The highest BCUT2D eigenvalue weighted by Crippen LogP contribution is 2.25. The molecule has 4 rings (SSSR count). The van der Waals surface area contributed by atoms with Gasteiger partial charge in [0.05, 0.1) is 0 Å². The first-order chi connectivity index (χ1) is 11.6. The molecule has 24 heavy (non-hydrogen) atoms. The third-order valence-electron chi connectivity index (χ3n) is 4.63. The molecule has 1 aromatic carbocycles. The first kappa shape index (κ1) is 15.4. The molecule has 5 nitrogen and oxygen atoms in total. The lowest BCUT2D eigenvalue weighted by atomic mass is 9.99. The van der Waals surface area contributed by atoms with Crippen molar-refractivity contribution in [3.05, 3.63) is 41.0 Å². The monoisotopic (exact) mass is 341 g/mol. The molecule has 0 radical (unpaired) electrons. The van der Waals surface area contributed by atoms with Gasteiger partial charge in [-0.05, 0) is 49.9 Å². The van der Waals surface area contributed by atoms with E-state index >= 15 is 0 Å². The maximum atomic E-state index is 5.97. The predicted molar refractivity (Wildman–Crippen MR) is 96.6 cm³/mol. The molecule has 124 valence electrons. The van der Waals surface area contributed by atoms with Gasteiger partial charge in [0.1, 0.15) is 5.82 Å². The SMILES string of the molecule is Cc1cc(N2CCC(C)CC2)n2nc(-c3ccc(Cl)cc3)nc2n1. The Bertz CT molecular complexity index is 863. The van der Waals surface area contributed by atoms with E-state index in [0.29, 0.717) is 16.6 Å². The smallest absolute Gasteiger partial charge is 0.254 e. The molecule has 0 bridgehead atoms. The minimum atomic E-state index is 0.647. The van der Waals surface area contributed by atoms with Crippen LogP contribution >= 0.6 is 11.6 Å². The summed E-state index contributed by atoms with van der Waals surface area (Å²) in [7, 11) is 0. The second-order valence-corrected chi connectivity index (χ2v) is 7.02. The van der Waals surface area contributed by atoms with Gasteiger partial charge in [-0.1, -0.05) is 18.5 Å². The van der Waals surface area contributed by atoms with Crippen molar-refractivity contribution >= 4 is 23.2 Å². The van der Waals surface area contributed by atoms with Gasteiger partial charge >= 0.3 is 0 Å². The highest BCUT2D eigenvalue weighted by molar-refractivity contribution is 6.30. The van der Waals surface area contributed by atoms with Gasteiger partial charge in [0.15, 0.2) is 5.82 Å². The van der Waals surface area contributed by atoms with Crippen LogP contribution in [-0.4, -0.2) is 32.7 Å². The van der Waals surface area contributed by atoms with E-state index in [1.54, 1.807) is 0 Å². The quantitative estimate of drug-likeness (QED) is 0.707. The molecule has 1 aliphatic rings. The van der Waals surface area contributed by atoms with Crippen molar-refractivity contribution < 1.29 is 0 Å². The molecule has 0 N–H and O–H groups in total. The van der Waals surface area contributed by atoms with Crippen LogP contribution in [0.4, 0.5) is 5.82 Å². The molecule has 0 spiro atoms. The number of nitrogens with zero attached hydrogens (tertiary/aromatic N) is 5. The Morgan fingerprint density at radius 2 is 1.79 bits per heavy atom. The molecule has 1 saturated heterocycles. The van der Waals surface area contributed by atoms with Gasteiger partial charge in [0, 0.05) is 35.4 Å². The third kappa shape index (κ3) is 2.84. The Hall–Kier alpha value is -2.14. The van der Waals surface area contributed by atoms with Gasteiger partial charge in [-0.3, -0.25) is 0 Å². The predicted octanol–water partition coefficient (Wildman–Crippen LogP) is 3.99. The van der Waals surface area contributed by atoms with Crippen LogP contribution in [0.2, 0.25) is 5.02 Å². The maximum absolute atomic E-state index is 5.97. The van der Waals surface area contributed by atoms with Gasteiger partial charge < -0.3 is 4.90 Å². The average molecular weight is 342 g/mol. The summed E-state index contributed by atoms with van der Waals surface area (Å²) >= 11 is 5.97. The number of benzene rings is 1. The van der Waals surface area contributed by atoms with Gasteiger partial charge in [-0.25, -0.2) is 4.98 Å². The summed E-state index contributed by atoms with van der Waals surface area (Å²) < 4.78 is 1.87. The van der Waals surface area contributed by atoms with E-state index in [2.05, 4.69) is 27.9 Å². The maximum Gasteiger partial charge on any atom is 0.254 e. The standard InChI is InChI=1S/C18H20ClN5/c1-12-7-9-23(10-8-12)16-11-13(2)20-18-21-17(22-24(16)18)14-3-5-15(19)6-4-14/h3-6,11-12H,7-10H2,1-2H3. The van der Waals surface area contributed by atoms with E-state index in [1.807, 2.05) is 35.7 Å². The van der Waals surface area contributed by atoms with Crippen LogP contribution in [-0.2, 0) is 0 Å². The van der Waals surface area contributed by atoms with Crippen LogP contribution in [0.3, 0.4) is 0 Å². The van der Waals surface area contributed by atoms with E-state index in [1.165, 1.54) is 12.8 Å². The highest BCUT2D eigenvalue weighted by atomic mass is 35.5. The number of hydrogen-bond donors (Lipinski definition) is 0. The minimum absolute atomic E-state index is 0.647. The molecule has 6 heteroatoms. The summed E-state index contributed by atoms with van der Waals surface area (Å²) in [6.07, 6.45) is 2.42. The molecular weight excluding hydrogens is 322 g/mol. The van der Waals surface area contributed by atoms with Crippen molar-refractivity contribution in [2.75, 3.05) is 18.0 Å². The lowest BCUT2D eigenvalue weighted by Gasteiger charge is -2.31. The Balaban J connectivity index is 1.78. The fourth-order valence-corrected chi connectivity index (χ4v) is 3.28.